The van der Waals surface area contributed by atoms with Crippen LogP contribution in [0.3, 0.4) is 0 Å². The third-order valence-corrected chi connectivity index (χ3v) is 9.15. The maximum atomic E-state index is 6.04. The average Bonchev–Trinajstić information content (AvgIpc) is 2.94. The number of nitrogen functional groups attached to an aromatic ring is 2. The van der Waals surface area contributed by atoms with Gasteiger partial charge in [0.25, 0.3) is 0 Å². The molecule has 0 unspecified atom stereocenters. The van der Waals surface area contributed by atoms with Crippen LogP contribution >= 0.6 is 0 Å². The lowest BCUT2D eigenvalue weighted by molar-refractivity contribution is 0.253. The van der Waals surface area contributed by atoms with Crippen molar-refractivity contribution in [3.05, 3.63) is 129 Å². The number of anilines is 2. The van der Waals surface area contributed by atoms with E-state index in [0.717, 1.165) is 41.3 Å². The van der Waals surface area contributed by atoms with E-state index >= 15 is 0 Å². The van der Waals surface area contributed by atoms with Crippen LogP contribution < -0.4 is 11.5 Å². The minimum absolute atomic E-state index is 0.0941. The Morgan fingerprint density at radius 1 is 0.615 bits per heavy atom. The van der Waals surface area contributed by atoms with E-state index in [0.29, 0.717) is 0 Å². The summed E-state index contributed by atoms with van der Waals surface area (Å²) in [5.41, 5.74) is 24.5. The van der Waals surface area contributed by atoms with Gasteiger partial charge in [-0.2, -0.15) is 0 Å². The van der Waals surface area contributed by atoms with Crippen LogP contribution in [0.1, 0.15) is 90.0 Å². The topological polar surface area (TPSA) is 52.0 Å². The van der Waals surface area contributed by atoms with Gasteiger partial charge < -0.3 is 11.5 Å². The Hall–Kier alpha value is -3.52. The van der Waals surface area contributed by atoms with E-state index < -0.39 is 0 Å². The van der Waals surface area contributed by atoms with Crippen LogP contribution in [0.25, 0.3) is 0 Å². The molecule has 4 aromatic carbocycles. The summed E-state index contributed by atoms with van der Waals surface area (Å²) in [4.78, 5) is 0. The van der Waals surface area contributed by atoms with Gasteiger partial charge in [0.2, 0.25) is 0 Å². The van der Waals surface area contributed by atoms with Crippen LogP contribution in [0.2, 0.25) is 0 Å². The molecule has 0 bridgehead atoms. The highest BCUT2D eigenvalue weighted by Crippen LogP contribution is 2.47. The summed E-state index contributed by atoms with van der Waals surface area (Å²) < 4.78 is 0. The summed E-state index contributed by atoms with van der Waals surface area (Å²) in [6, 6.07) is 31.8. The van der Waals surface area contributed by atoms with E-state index in [1.54, 1.807) is 0 Å². The highest BCUT2D eigenvalue weighted by molar-refractivity contribution is 5.50. The van der Waals surface area contributed by atoms with Gasteiger partial charge in [-0.25, -0.2) is 0 Å². The fraction of sp³-hybridized carbons (Fsp3) is 0.351. The van der Waals surface area contributed by atoms with Crippen molar-refractivity contribution in [1.82, 2.24) is 0 Å². The van der Waals surface area contributed by atoms with Crippen molar-refractivity contribution >= 4 is 11.4 Å². The van der Waals surface area contributed by atoms with Crippen molar-refractivity contribution < 1.29 is 0 Å². The van der Waals surface area contributed by atoms with Crippen molar-refractivity contribution in [3.8, 4) is 0 Å². The molecule has 0 spiro atoms. The van der Waals surface area contributed by atoms with Gasteiger partial charge in [-0.15, -0.1) is 0 Å². The predicted molar refractivity (Wildman–Crippen MR) is 167 cm³/mol. The first-order valence-electron chi connectivity index (χ1n) is 14.7. The molecule has 1 saturated carbocycles. The summed E-state index contributed by atoms with van der Waals surface area (Å²) in [7, 11) is 0. The van der Waals surface area contributed by atoms with Crippen molar-refractivity contribution in [3.63, 3.8) is 0 Å². The van der Waals surface area contributed by atoms with Gasteiger partial charge in [-0.3, -0.25) is 0 Å². The molecular weight excluding hydrogens is 472 g/mol. The van der Waals surface area contributed by atoms with E-state index in [-0.39, 0.29) is 5.41 Å². The van der Waals surface area contributed by atoms with Crippen LogP contribution in [0, 0.1) is 19.8 Å². The first-order valence-corrected chi connectivity index (χ1v) is 14.7. The lowest BCUT2D eigenvalue weighted by Crippen LogP contribution is -2.33. The number of hydrogen-bond acceptors (Lipinski definition) is 2. The van der Waals surface area contributed by atoms with Gasteiger partial charge >= 0.3 is 0 Å². The van der Waals surface area contributed by atoms with Gasteiger partial charge in [0.05, 0.1) is 0 Å². The molecule has 5 rings (SSSR count). The number of benzene rings is 4. The van der Waals surface area contributed by atoms with Crippen molar-refractivity contribution in [2.24, 2.45) is 5.92 Å². The van der Waals surface area contributed by atoms with Crippen LogP contribution in [0.5, 0.6) is 0 Å². The molecule has 0 atom stereocenters. The molecule has 2 heteroatoms. The van der Waals surface area contributed by atoms with E-state index in [2.05, 4.69) is 93.6 Å². The van der Waals surface area contributed by atoms with Crippen LogP contribution in [-0.2, 0) is 18.3 Å². The Labute approximate surface area is 235 Å². The van der Waals surface area contributed by atoms with E-state index in [9.17, 15) is 0 Å². The maximum Gasteiger partial charge on any atom is 0.0343 e. The largest absolute Gasteiger partial charge is 0.399 e. The lowest BCUT2D eigenvalue weighted by atomic mass is 9.62. The molecule has 4 aromatic rings. The smallest absolute Gasteiger partial charge is 0.0343 e. The minimum Gasteiger partial charge on any atom is -0.399 e. The number of aryl methyl sites for hydroxylation is 2. The first-order chi connectivity index (χ1) is 18.9. The van der Waals surface area contributed by atoms with Gasteiger partial charge in [0.15, 0.2) is 0 Å². The van der Waals surface area contributed by atoms with E-state index in [1.807, 2.05) is 12.1 Å². The molecule has 0 radical (unpaired) electrons. The highest BCUT2D eigenvalue weighted by Gasteiger charge is 2.38. The molecule has 1 fully saturated rings. The van der Waals surface area contributed by atoms with Crippen molar-refractivity contribution in [2.75, 3.05) is 11.5 Å². The molecule has 2 nitrogen and oxygen atoms in total. The molecule has 0 aliphatic heterocycles. The van der Waals surface area contributed by atoms with Crippen LogP contribution in [-0.4, -0.2) is 0 Å². The van der Waals surface area contributed by atoms with Gasteiger partial charge in [-0.05, 0) is 115 Å². The number of hydrogen-bond donors (Lipinski definition) is 2. The van der Waals surface area contributed by atoms with Crippen LogP contribution in [0.15, 0.2) is 84.9 Å². The molecule has 1 aliphatic rings. The summed E-state index contributed by atoms with van der Waals surface area (Å²) in [6.45, 7) is 6.50. The lowest BCUT2D eigenvalue weighted by Gasteiger charge is -2.41. The predicted octanol–water partition coefficient (Wildman–Crippen LogP) is 8.93. The monoisotopic (exact) mass is 516 g/mol. The normalized spacial score (nSPS) is 15.4. The molecule has 0 amide bonds. The van der Waals surface area contributed by atoms with Gasteiger partial charge in [0, 0.05) is 16.8 Å². The summed E-state index contributed by atoms with van der Waals surface area (Å²) in [6.07, 6.45) is 9.60. The summed E-state index contributed by atoms with van der Waals surface area (Å²) >= 11 is 0. The standard InChI is InChI=1S/C37H44N2/c1-4-5-28-18-20-37(21-19-28,33-12-6-29(7-13-33)24-31-10-16-35(38)26(2)22-31)34-14-8-30(9-15-34)25-32-11-17-36(39)27(3)23-32/h6-17,22-23,28H,4-5,18-21,24-25,38-39H2,1-3H3. The zero-order valence-electron chi connectivity index (χ0n) is 24.0. The quantitative estimate of drug-likeness (QED) is 0.230. The summed E-state index contributed by atoms with van der Waals surface area (Å²) in [5.74, 6) is 0.865. The fourth-order valence-corrected chi connectivity index (χ4v) is 6.66. The molecular formula is C37H44N2. The Morgan fingerprint density at radius 3 is 1.41 bits per heavy atom. The first kappa shape index (κ1) is 27.1. The number of nitrogens with two attached hydrogens (primary N) is 2. The van der Waals surface area contributed by atoms with E-state index in [1.165, 1.54) is 71.9 Å². The maximum absolute atomic E-state index is 6.04. The molecule has 0 aromatic heterocycles. The second-order valence-corrected chi connectivity index (χ2v) is 11.9. The molecule has 39 heavy (non-hydrogen) atoms. The minimum atomic E-state index is 0.0941. The van der Waals surface area contributed by atoms with Gasteiger partial charge in [0.1, 0.15) is 0 Å². The summed E-state index contributed by atoms with van der Waals surface area (Å²) in [5, 5.41) is 0. The second-order valence-electron chi connectivity index (χ2n) is 11.9. The fourth-order valence-electron chi connectivity index (χ4n) is 6.66. The Bertz CT molecular complexity index is 1290. The Kier molecular flexibility index (Phi) is 8.12. The number of rotatable bonds is 8. The highest BCUT2D eigenvalue weighted by atomic mass is 14.6. The molecule has 0 saturated heterocycles. The zero-order chi connectivity index (χ0) is 27.4. The molecule has 0 heterocycles. The third kappa shape index (κ3) is 6.06. The van der Waals surface area contributed by atoms with Crippen molar-refractivity contribution in [2.45, 2.75) is 77.6 Å². The molecule has 1 aliphatic carbocycles. The Morgan fingerprint density at radius 2 is 1.03 bits per heavy atom. The SMILES string of the molecule is CCCC1CCC(c2ccc(Cc3ccc(N)c(C)c3)cc2)(c2ccc(Cc3ccc(N)c(C)c3)cc2)CC1. The van der Waals surface area contributed by atoms with E-state index in [4.69, 9.17) is 11.5 Å². The third-order valence-electron chi connectivity index (χ3n) is 9.15. The van der Waals surface area contributed by atoms with Gasteiger partial charge in [-0.1, -0.05) is 92.6 Å². The molecule has 202 valence electrons. The van der Waals surface area contributed by atoms with Crippen molar-refractivity contribution in [1.29, 1.82) is 0 Å². The molecule has 4 N–H and O–H groups in total. The van der Waals surface area contributed by atoms with Crippen LogP contribution in [0.4, 0.5) is 11.4 Å². The zero-order valence-corrected chi connectivity index (χ0v) is 24.0. The second kappa shape index (κ2) is 11.7. The average molecular weight is 517 g/mol. The Balaban J connectivity index is 1.40.